The summed E-state index contributed by atoms with van der Waals surface area (Å²) in [7, 11) is 1.62. The number of amides is 1. The monoisotopic (exact) mass is 355 g/mol. The van der Waals surface area contributed by atoms with Crippen LogP contribution in [0.2, 0.25) is 5.02 Å². The molecule has 1 aromatic heterocycles. The van der Waals surface area contributed by atoms with E-state index in [1.165, 1.54) is 6.20 Å². The predicted octanol–water partition coefficient (Wildman–Crippen LogP) is 4.23. The van der Waals surface area contributed by atoms with Gasteiger partial charge in [-0.25, -0.2) is 0 Å². The second-order valence-electron chi connectivity index (χ2n) is 5.64. The van der Waals surface area contributed by atoms with Crippen LogP contribution in [0, 0.1) is 0 Å². The van der Waals surface area contributed by atoms with Crippen molar-refractivity contribution in [3.63, 3.8) is 0 Å². The van der Waals surface area contributed by atoms with Crippen molar-refractivity contribution in [2.45, 2.75) is 13.0 Å². The van der Waals surface area contributed by atoms with Crippen LogP contribution in [-0.4, -0.2) is 23.2 Å². The Bertz CT molecular complexity index is 874. The van der Waals surface area contributed by atoms with Crippen LogP contribution >= 0.6 is 11.6 Å². The minimum atomic E-state index is -0.202. The Balaban J connectivity index is 1.78. The standard InChI is InChI=1S/C19H18ClN3O2/c1-12(13-6-8-16(25-2)9-7-13)22-19(24)17-11-21-23-18(17)14-4-3-5-15(20)10-14/h3-12H,1-2H3,(H,21,23)(H,22,24)/t12-/m0/s1. The number of carbonyl (C=O) groups is 1. The first kappa shape index (κ1) is 17.0. The van der Waals surface area contributed by atoms with E-state index in [1.54, 1.807) is 19.2 Å². The van der Waals surface area contributed by atoms with E-state index >= 15 is 0 Å². The first-order chi connectivity index (χ1) is 12.1. The molecule has 3 aromatic rings. The predicted molar refractivity (Wildman–Crippen MR) is 97.9 cm³/mol. The topological polar surface area (TPSA) is 67.0 Å². The molecule has 25 heavy (non-hydrogen) atoms. The van der Waals surface area contributed by atoms with Gasteiger partial charge in [-0.05, 0) is 36.8 Å². The lowest BCUT2D eigenvalue weighted by Crippen LogP contribution is -2.26. The fraction of sp³-hybridized carbons (Fsp3) is 0.158. The highest BCUT2D eigenvalue weighted by molar-refractivity contribution is 6.30. The summed E-state index contributed by atoms with van der Waals surface area (Å²) in [5, 5.41) is 10.5. The third kappa shape index (κ3) is 3.83. The minimum Gasteiger partial charge on any atom is -0.497 e. The number of benzene rings is 2. The number of aromatic amines is 1. The van der Waals surface area contributed by atoms with Crippen molar-refractivity contribution in [2.75, 3.05) is 7.11 Å². The molecule has 2 aromatic carbocycles. The lowest BCUT2D eigenvalue weighted by atomic mass is 10.1. The number of nitrogens with zero attached hydrogens (tertiary/aromatic N) is 1. The quantitative estimate of drug-likeness (QED) is 0.719. The zero-order valence-corrected chi connectivity index (χ0v) is 14.7. The zero-order chi connectivity index (χ0) is 17.8. The highest BCUT2D eigenvalue weighted by Crippen LogP contribution is 2.25. The van der Waals surface area contributed by atoms with Crippen LogP contribution in [0.15, 0.2) is 54.7 Å². The van der Waals surface area contributed by atoms with E-state index in [0.29, 0.717) is 16.3 Å². The van der Waals surface area contributed by atoms with Crippen molar-refractivity contribution in [3.05, 3.63) is 70.9 Å². The van der Waals surface area contributed by atoms with Crippen LogP contribution < -0.4 is 10.1 Å². The number of aromatic nitrogens is 2. The Morgan fingerprint density at radius 2 is 2.00 bits per heavy atom. The maximum absolute atomic E-state index is 12.7. The number of carbonyl (C=O) groups excluding carboxylic acids is 1. The summed E-state index contributed by atoms with van der Waals surface area (Å²) in [4.78, 5) is 12.7. The van der Waals surface area contributed by atoms with Gasteiger partial charge in [-0.15, -0.1) is 0 Å². The molecule has 0 unspecified atom stereocenters. The molecule has 0 aliphatic rings. The van der Waals surface area contributed by atoms with Gasteiger partial charge in [-0.2, -0.15) is 5.10 Å². The van der Waals surface area contributed by atoms with Crippen molar-refractivity contribution < 1.29 is 9.53 Å². The van der Waals surface area contributed by atoms with E-state index in [-0.39, 0.29) is 11.9 Å². The number of rotatable bonds is 5. The van der Waals surface area contributed by atoms with Gasteiger partial charge in [-0.3, -0.25) is 9.89 Å². The summed E-state index contributed by atoms with van der Waals surface area (Å²) in [5.74, 6) is 0.576. The van der Waals surface area contributed by atoms with Crippen LogP contribution in [0.5, 0.6) is 5.75 Å². The molecule has 0 bridgehead atoms. The molecule has 0 fully saturated rings. The summed E-state index contributed by atoms with van der Waals surface area (Å²) in [6.45, 7) is 1.93. The Kier molecular flexibility index (Phi) is 5.05. The van der Waals surface area contributed by atoms with Gasteiger partial charge in [0.2, 0.25) is 0 Å². The van der Waals surface area contributed by atoms with E-state index in [9.17, 15) is 4.79 Å². The zero-order valence-electron chi connectivity index (χ0n) is 13.9. The maximum Gasteiger partial charge on any atom is 0.255 e. The lowest BCUT2D eigenvalue weighted by Gasteiger charge is -2.15. The van der Waals surface area contributed by atoms with Gasteiger partial charge in [0.05, 0.1) is 30.6 Å². The van der Waals surface area contributed by atoms with E-state index in [4.69, 9.17) is 16.3 Å². The lowest BCUT2D eigenvalue weighted by molar-refractivity contribution is 0.0940. The van der Waals surface area contributed by atoms with Gasteiger partial charge in [-0.1, -0.05) is 35.9 Å². The summed E-state index contributed by atoms with van der Waals surface area (Å²) >= 11 is 6.04. The number of hydrogen-bond acceptors (Lipinski definition) is 3. The molecule has 1 heterocycles. The van der Waals surface area contributed by atoms with E-state index in [0.717, 1.165) is 16.9 Å². The molecule has 3 rings (SSSR count). The Morgan fingerprint density at radius 3 is 2.68 bits per heavy atom. The first-order valence-corrected chi connectivity index (χ1v) is 8.20. The SMILES string of the molecule is COc1ccc([C@H](C)NC(=O)c2cn[nH]c2-c2cccc(Cl)c2)cc1. The second kappa shape index (κ2) is 7.40. The van der Waals surface area contributed by atoms with Gasteiger partial charge in [0.25, 0.3) is 5.91 Å². The molecule has 2 N–H and O–H groups in total. The van der Waals surface area contributed by atoms with E-state index in [2.05, 4.69) is 15.5 Å². The first-order valence-electron chi connectivity index (χ1n) is 7.82. The van der Waals surface area contributed by atoms with Crippen LogP contribution in [0.25, 0.3) is 11.3 Å². The number of H-pyrrole nitrogens is 1. The Morgan fingerprint density at radius 1 is 1.24 bits per heavy atom. The number of halogens is 1. The van der Waals surface area contributed by atoms with Gasteiger partial charge < -0.3 is 10.1 Å². The highest BCUT2D eigenvalue weighted by atomic mass is 35.5. The summed E-state index contributed by atoms with van der Waals surface area (Å²) in [6, 6.07) is 14.7. The molecule has 6 heteroatoms. The van der Waals surface area contributed by atoms with Crippen molar-refractivity contribution in [1.29, 1.82) is 0 Å². The molecule has 0 saturated heterocycles. The summed E-state index contributed by atoms with van der Waals surface area (Å²) in [5.41, 5.74) is 2.92. The minimum absolute atomic E-state index is 0.152. The molecule has 0 spiro atoms. The van der Waals surface area contributed by atoms with Gasteiger partial charge in [0, 0.05) is 10.6 Å². The molecule has 0 aliphatic heterocycles. The van der Waals surface area contributed by atoms with Crippen LogP contribution in [-0.2, 0) is 0 Å². The van der Waals surface area contributed by atoms with Crippen LogP contribution in [0.1, 0.15) is 28.9 Å². The molecule has 1 atom stereocenters. The third-order valence-electron chi connectivity index (χ3n) is 3.96. The number of ether oxygens (including phenoxy) is 1. The fourth-order valence-electron chi connectivity index (χ4n) is 2.57. The maximum atomic E-state index is 12.7. The molecule has 1 amide bonds. The molecule has 0 aliphatic carbocycles. The number of methoxy groups -OCH3 is 1. The Labute approximate surface area is 151 Å². The van der Waals surface area contributed by atoms with E-state index in [1.807, 2.05) is 43.3 Å². The van der Waals surface area contributed by atoms with Gasteiger partial charge >= 0.3 is 0 Å². The average molecular weight is 356 g/mol. The van der Waals surface area contributed by atoms with Crippen molar-refractivity contribution >= 4 is 17.5 Å². The van der Waals surface area contributed by atoms with Crippen molar-refractivity contribution in [2.24, 2.45) is 0 Å². The largest absolute Gasteiger partial charge is 0.497 e. The van der Waals surface area contributed by atoms with Crippen LogP contribution in [0.4, 0.5) is 0 Å². The highest BCUT2D eigenvalue weighted by Gasteiger charge is 2.18. The molecular formula is C19H18ClN3O2. The average Bonchev–Trinajstić information content (AvgIpc) is 3.11. The molecule has 0 radical (unpaired) electrons. The van der Waals surface area contributed by atoms with Gasteiger partial charge in [0.1, 0.15) is 5.75 Å². The fourth-order valence-corrected chi connectivity index (χ4v) is 2.76. The smallest absolute Gasteiger partial charge is 0.255 e. The molecule has 5 nitrogen and oxygen atoms in total. The van der Waals surface area contributed by atoms with E-state index < -0.39 is 0 Å². The van der Waals surface area contributed by atoms with Gasteiger partial charge in [0.15, 0.2) is 0 Å². The molecule has 128 valence electrons. The molecule has 0 saturated carbocycles. The number of hydrogen-bond donors (Lipinski definition) is 2. The number of nitrogens with one attached hydrogen (secondary N) is 2. The van der Waals surface area contributed by atoms with Crippen molar-refractivity contribution in [3.8, 4) is 17.0 Å². The Hall–Kier alpha value is -2.79. The van der Waals surface area contributed by atoms with Crippen LogP contribution in [0.3, 0.4) is 0 Å². The van der Waals surface area contributed by atoms with Crippen molar-refractivity contribution in [1.82, 2.24) is 15.5 Å². The molecular weight excluding hydrogens is 338 g/mol. The summed E-state index contributed by atoms with van der Waals surface area (Å²) < 4.78 is 5.15. The summed E-state index contributed by atoms with van der Waals surface area (Å²) in [6.07, 6.45) is 1.52. The second-order valence-corrected chi connectivity index (χ2v) is 6.07. The normalized spacial score (nSPS) is 11.8. The third-order valence-corrected chi connectivity index (χ3v) is 4.20.